The maximum atomic E-state index is 11.1. The number of nitrogens with zero attached hydrogens (tertiary/aromatic N) is 1. The van der Waals surface area contributed by atoms with E-state index in [0.717, 1.165) is 6.42 Å². The number of H-pyrrole nitrogens is 1. The normalized spacial score (nSPS) is 12.3. The van der Waals surface area contributed by atoms with Crippen LogP contribution in [0.1, 0.15) is 25.8 Å². The third kappa shape index (κ3) is 1.59. The first-order valence-electron chi connectivity index (χ1n) is 3.98. The van der Waals surface area contributed by atoms with Crippen molar-refractivity contribution in [1.29, 1.82) is 0 Å². The third-order valence-corrected chi connectivity index (χ3v) is 1.89. The van der Waals surface area contributed by atoms with Gasteiger partial charge in [0.15, 0.2) is 0 Å². The summed E-state index contributed by atoms with van der Waals surface area (Å²) in [5, 5.41) is 0. The van der Waals surface area contributed by atoms with Gasteiger partial charge in [0, 0.05) is 24.9 Å². The lowest BCUT2D eigenvalue weighted by Crippen LogP contribution is -2.20. The molecule has 0 aromatic carbocycles. The molecule has 1 rings (SSSR count). The van der Waals surface area contributed by atoms with Gasteiger partial charge in [-0.15, -0.1) is 12.3 Å². The average molecular weight is 164 g/mol. The van der Waals surface area contributed by atoms with E-state index in [9.17, 15) is 4.79 Å². The molecular weight excluding hydrogens is 152 g/mol. The van der Waals surface area contributed by atoms with Crippen molar-refractivity contribution in [1.82, 2.24) is 9.55 Å². The molecule has 3 heteroatoms. The van der Waals surface area contributed by atoms with Gasteiger partial charge in [-0.3, -0.25) is 4.57 Å². The zero-order valence-electron chi connectivity index (χ0n) is 7.08. The predicted octanol–water partition coefficient (Wildman–Crippen LogP) is 1.15. The molecule has 12 heavy (non-hydrogen) atoms. The first kappa shape index (κ1) is 8.66. The smallest absolute Gasteiger partial charge is 0.313 e. The minimum atomic E-state index is -0.0860. The van der Waals surface area contributed by atoms with Crippen LogP contribution in [0.4, 0.5) is 0 Å². The van der Waals surface area contributed by atoms with Crippen LogP contribution in [0.25, 0.3) is 0 Å². The molecular formula is C9H12N2O. The lowest BCUT2D eigenvalue weighted by atomic mass is 10.1. The quantitative estimate of drug-likeness (QED) is 0.668. The van der Waals surface area contributed by atoms with E-state index in [4.69, 9.17) is 6.42 Å². The van der Waals surface area contributed by atoms with Gasteiger partial charge < -0.3 is 4.98 Å². The zero-order valence-corrected chi connectivity index (χ0v) is 7.08. The van der Waals surface area contributed by atoms with Crippen LogP contribution in [0.5, 0.6) is 0 Å². The van der Waals surface area contributed by atoms with Crippen molar-refractivity contribution in [2.45, 2.75) is 25.8 Å². The van der Waals surface area contributed by atoms with Gasteiger partial charge in [-0.05, 0) is 6.42 Å². The largest absolute Gasteiger partial charge is 0.325 e. The summed E-state index contributed by atoms with van der Waals surface area (Å²) in [4.78, 5) is 13.7. The summed E-state index contributed by atoms with van der Waals surface area (Å²) in [6, 6.07) is 0.133. The molecule has 0 fully saturated rings. The molecule has 0 bridgehead atoms. The molecule has 1 aromatic heterocycles. The predicted molar refractivity (Wildman–Crippen MR) is 47.8 cm³/mol. The van der Waals surface area contributed by atoms with Gasteiger partial charge in [0.1, 0.15) is 0 Å². The van der Waals surface area contributed by atoms with E-state index in [1.807, 2.05) is 6.92 Å². The SMILES string of the molecule is C#CCC(CC)n1cc[nH]c1=O. The fraction of sp³-hybridized carbons (Fsp3) is 0.444. The van der Waals surface area contributed by atoms with E-state index in [1.54, 1.807) is 17.0 Å². The van der Waals surface area contributed by atoms with E-state index < -0.39 is 0 Å². The second kappa shape index (κ2) is 3.82. The number of aromatic amines is 1. The summed E-state index contributed by atoms with van der Waals surface area (Å²) in [6.07, 6.45) is 10.0. The number of hydrogen-bond acceptors (Lipinski definition) is 1. The van der Waals surface area contributed by atoms with Crippen molar-refractivity contribution in [2.75, 3.05) is 0 Å². The Hall–Kier alpha value is -1.43. The Kier molecular flexibility index (Phi) is 2.76. The van der Waals surface area contributed by atoms with Crippen LogP contribution in [0.3, 0.4) is 0 Å². The molecule has 1 aromatic rings. The molecule has 0 radical (unpaired) electrons. The van der Waals surface area contributed by atoms with Crippen LogP contribution in [0.15, 0.2) is 17.2 Å². The Labute approximate surface area is 71.4 Å². The van der Waals surface area contributed by atoms with Gasteiger partial charge in [-0.25, -0.2) is 4.79 Å². The minimum Gasteiger partial charge on any atom is -0.313 e. The monoisotopic (exact) mass is 164 g/mol. The third-order valence-electron chi connectivity index (χ3n) is 1.89. The topological polar surface area (TPSA) is 37.8 Å². The molecule has 3 nitrogen and oxygen atoms in total. The van der Waals surface area contributed by atoms with E-state index >= 15 is 0 Å². The molecule has 0 spiro atoms. The van der Waals surface area contributed by atoms with Crippen molar-refractivity contribution in [2.24, 2.45) is 0 Å². The number of terminal acetylenes is 1. The molecule has 0 aliphatic heterocycles. The van der Waals surface area contributed by atoms with Gasteiger partial charge in [-0.2, -0.15) is 0 Å². The fourth-order valence-electron chi connectivity index (χ4n) is 1.19. The molecule has 0 saturated carbocycles. The van der Waals surface area contributed by atoms with Gasteiger partial charge >= 0.3 is 5.69 Å². The molecule has 0 aliphatic carbocycles. The van der Waals surface area contributed by atoms with Crippen molar-refractivity contribution in [3.8, 4) is 12.3 Å². The number of rotatable bonds is 3. The summed E-state index contributed by atoms with van der Waals surface area (Å²) in [5.41, 5.74) is -0.0860. The highest BCUT2D eigenvalue weighted by Gasteiger charge is 2.07. The number of aromatic nitrogens is 2. The lowest BCUT2D eigenvalue weighted by molar-refractivity contribution is 0.484. The first-order valence-corrected chi connectivity index (χ1v) is 3.98. The van der Waals surface area contributed by atoms with Gasteiger partial charge in [0.25, 0.3) is 0 Å². The molecule has 1 heterocycles. The van der Waals surface area contributed by atoms with Gasteiger partial charge in [0.2, 0.25) is 0 Å². The summed E-state index contributed by atoms with van der Waals surface area (Å²) < 4.78 is 1.64. The van der Waals surface area contributed by atoms with Crippen LogP contribution < -0.4 is 5.69 Å². The highest BCUT2D eigenvalue weighted by molar-refractivity contribution is 4.91. The van der Waals surface area contributed by atoms with Crippen LogP contribution >= 0.6 is 0 Å². The highest BCUT2D eigenvalue weighted by Crippen LogP contribution is 2.11. The fourth-order valence-corrected chi connectivity index (χ4v) is 1.19. The van der Waals surface area contributed by atoms with Crippen LogP contribution in [-0.4, -0.2) is 9.55 Å². The molecule has 0 saturated heterocycles. The maximum absolute atomic E-state index is 11.1. The Morgan fingerprint density at radius 1 is 1.83 bits per heavy atom. The summed E-state index contributed by atoms with van der Waals surface area (Å²) in [7, 11) is 0. The second-order valence-electron chi connectivity index (χ2n) is 2.64. The summed E-state index contributed by atoms with van der Waals surface area (Å²) >= 11 is 0. The number of hydrogen-bond donors (Lipinski definition) is 1. The highest BCUT2D eigenvalue weighted by atomic mass is 16.1. The minimum absolute atomic E-state index is 0.0860. The Balaban J connectivity index is 2.88. The van der Waals surface area contributed by atoms with Gasteiger partial charge in [-0.1, -0.05) is 6.92 Å². The van der Waals surface area contributed by atoms with E-state index in [2.05, 4.69) is 10.9 Å². The van der Waals surface area contributed by atoms with E-state index in [0.29, 0.717) is 6.42 Å². The van der Waals surface area contributed by atoms with E-state index in [1.165, 1.54) is 0 Å². The average Bonchev–Trinajstić information content (AvgIpc) is 2.47. The summed E-state index contributed by atoms with van der Waals surface area (Å²) in [6.45, 7) is 2.02. The Bertz CT molecular complexity index is 329. The van der Waals surface area contributed by atoms with Crippen LogP contribution in [-0.2, 0) is 0 Å². The first-order chi connectivity index (χ1) is 5.79. The number of imidazole rings is 1. The van der Waals surface area contributed by atoms with Gasteiger partial charge in [0.05, 0.1) is 0 Å². The Morgan fingerprint density at radius 2 is 2.58 bits per heavy atom. The number of nitrogens with one attached hydrogen (secondary N) is 1. The molecule has 1 N–H and O–H groups in total. The Morgan fingerprint density at radius 3 is 3.00 bits per heavy atom. The molecule has 1 unspecified atom stereocenters. The van der Waals surface area contributed by atoms with Crippen molar-refractivity contribution >= 4 is 0 Å². The second-order valence-corrected chi connectivity index (χ2v) is 2.64. The maximum Gasteiger partial charge on any atom is 0.325 e. The van der Waals surface area contributed by atoms with Crippen molar-refractivity contribution in [3.05, 3.63) is 22.9 Å². The molecule has 1 atom stereocenters. The standard InChI is InChI=1S/C9H12N2O/c1-3-5-8(4-2)11-7-6-10-9(11)12/h1,6-8H,4-5H2,2H3,(H,10,12). The van der Waals surface area contributed by atoms with Crippen LogP contribution in [0, 0.1) is 12.3 Å². The van der Waals surface area contributed by atoms with Crippen molar-refractivity contribution in [3.63, 3.8) is 0 Å². The van der Waals surface area contributed by atoms with Crippen molar-refractivity contribution < 1.29 is 0 Å². The molecule has 0 aliphatic rings. The van der Waals surface area contributed by atoms with E-state index in [-0.39, 0.29) is 11.7 Å². The summed E-state index contributed by atoms with van der Waals surface area (Å²) in [5.74, 6) is 2.56. The molecule has 64 valence electrons. The molecule has 0 amide bonds. The van der Waals surface area contributed by atoms with Crippen LogP contribution in [0.2, 0.25) is 0 Å². The zero-order chi connectivity index (χ0) is 8.97. The lowest BCUT2D eigenvalue weighted by Gasteiger charge is -2.11.